The topological polar surface area (TPSA) is 101 Å². The Morgan fingerprint density at radius 3 is 2.72 bits per heavy atom. The van der Waals surface area contributed by atoms with Gasteiger partial charge >= 0.3 is 6.03 Å². The summed E-state index contributed by atoms with van der Waals surface area (Å²) in [5.41, 5.74) is 3.10. The summed E-state index contributed by atoms with van der Waals surface area (Å²) < 4.78 is 6.92. The van der Waals surface area contributed by atoms with E-state index in [9.17, 15) is 9.59 Å². The van der Waals surface area contributed by atoms with Gasteiger partial charge < -0.3 is 20.3 Å². The lowest BCUT2D eigenvalue weighted by molar-refractivity contribution is 0.0724. The first-order valence-electron chi connectivity index (χ1n) is 10.9. The molecule has 32 heavy (non-hydrogen) atoms. The van der Waals surface area contributed by atoms with Crippen LogP contribution in [0, 0.1) is 0 Å². The van der Waals surface area contributed by atoms with Gasteiger partial charge in [-0.25, -0.2) is 9.48 Å². The Kier molecular flexibility index (Phi) is 6.84. The number of ether oxygens (including phenoxy) is 1. The summed E-state index contributed by atoms with van der Waals surface area (Å²) in [6.45, 7) is 2.91. The van der Waals surface area contributed by atoms with Crippen molar-refractivity contribution in [2.24, 2.45) is 0 Å². The molecule has 9 nitrogen and oxygen atoms in total. The molecular weight excluding hydrogens is 408 g/mol. The summed E-state index contributed by atoms with van der Waals surface area (Å²) in [7, 11) is 1.61. The number of benzene rings is 2. The fourth-order valence-electron chi connectivity index (χ4n) is 3.85. The van der Waals surface area contributed by atoms with Crippen molar-refractivity contribution in [1.29, 1.82) is 0 Å². The number of likely N-dealkylation sites (tertiary alicyclic amines) is 1. The molecule has 0 bridgehead atoms. The van der Waals surface area contributed by atoms with E-state index in [0.29, 0.717) is 30.7 Å². The van der Waals surface area contributed by atoms with Crippen LogP contribution in [0.4, 0.5) is 4.79 Å². The molecule has 0 radical (unpaired) electrons. The van der Waals surface area contributed by atoms with Crippen LogP contribution in [0.1, 0.15) is 35.2 Å². The monoisotopic (exact) mass is 436 g/mol. The van der Waals surface area contributed by atoms with Crippen LogP contribution in [0.2, 0.25) is 0 Å². The summed E-state index contributed by atoms with van der Waals surface area (Å²) in [5.74, 6) is 0.805. The second-order valence-electron chi connectivity index (χ2n) is 7.83. The lowest BCUT2D eigenvalue weighted by Crippen LogP contribution is -2.36. The van der Waals surface area contributed by atoms with Gasteiger partial charge in [-0.15, -0.1) is 5.10 Å². The van der Waals surface area contributed by atoms with Crippen LogP contribution in [-0.2, 0) is 13.1 Å². The summed E-state index contributed by atoms with van der Waals surface area (Å²) in [6, 6.07) is 12.8. The Bertz CT molecular complexity index is 1090. The van der Waals surface area contributed by atoms with Gasteiger partial charge in [0.05, 0.1) is 19.2 Å². The molecule has 3 amide bonds. The SMILES string of the molecule is COc1cccc(CNC(=O)NCCn2nnc3cc(C(=O)N4CCCCC4)ccc32)c1. The van der Waals surface area contributed by atoms with E-state index >= 15 is 0 Å². The Labute approximate surface area is 186 Å². The average molecular weight is 437 g/mol. The van der Waals surface area contributed by atoms with Crippen molar-refractivity contribution in [2.75, 3.05) is 26.7 Å². The summed E-state index contributed by atoms with van der Waals surface area (Å²) in [5, 5.41) is 14.0. The fraction of sp³-hybridized carbons (Fsp3) is 0.391. The number of piperidine rings is 1. The summed E-state index contributed by atoms with van der Waals surface area (Å²) in [6.07, 6.45) is 3.30. The Balaban J connectivity index is 1.28. The van der Waals surface area contributed by atoms with Gasteiger partial charge in [-0.3, -0.25) is 4.79 Å². The van der Waals surface area contributed by atoms with Crippen LogP contribution < -0.4 is 15.4 Å². The molecule has 4 rings (SSSR count). The van der Waals surface area contributed by atoms with E-state index in [0.717, 1.165) is 42.8 Å². The van der Waals surface area contributed by atoms with Gasteiger partial charge in [0.25, 0.3) is 5.91 Å². The third-order valence-corrected chi connectivity index (χ3v) is 5.60. The largest absolute Gasteiger partial charge is 0.497 e. The molecule has 2 heterocycles. The van der Waals surface area contributed by atoms with Crippen LogP contribution in [-0.4, -0.2) is 58.6 Å². The number of methoxy groups -OCH3 is 1. The number of hydrogen-bond acceptors (Lipinski definition) is 5. The molecule has 1 aliphatic rings. The molecule has 1 fully saturated rings. The van der Waals surface area contributed by atoms with E-state index < -0.39 is 0 Å². The molecule has 0 aliphatic carbocycles. The number of hydrogen-bond donors (Lipinski definition) is 2. The van der Waals surface area contributed by atoms with Crippen LogP contribution in [0.15, 0.2) is 42.5 Å². The van der Waals surface area contributed by atoms with Gasteiger partial charge in [0.15, 0.2) is 0 Å². The molecule has 1 aromatic heterocycles. The van der Waals surface area contributed by atoms with E-state index in [2.05, 4.69) is 20.9 Å². The Hall–Kier alpha value is -3.62. The van der Waals surface area contributed by atoms with Crippen molar-refractivity contribution < 1.29 is 14.3 Å². The average Bonchev–Trinajstić information content (AvgIpc) is 3.25. The maximum atomic E-state index is 12.7. The number of aromatic nitrogens is 3. The minimum atomic E-state index is -0.258. The van der Waals surface area contributed by atoms with Crippen LogP contribution >= 0.6 is 0 Å². The number of nitrogens with zero attached hydrogens (tertiary/aromatic N) is 4. The predicted molar refractivity (Wildman–Crippen MR) is 121 cm³/mol. The van der Waals surface area contributed by atoms with E-state index in [-0.39, 0.29) is 11.9 Å². The quantitative estimate of drug-likeness (QED) is 0.593. The molecule has 0 unspecified atom stereocenters. The highest BCUT2D eigenvalue weighted by Gasteiger charge is 2.19. The third-order valence-electron chi connectivity index (χ3n) is 5.60. The molecule has 9 heteroatoms. The summed E-state index contributed by atoms with van der Waals surface area (Å²) >= 11 is 0. The zero-order valence-electron chi connectivity index (χ0n) is 18.2. The Morgan fingerprint density at radius 2 is 1.91 bits per heavy atom. The highest BCUT2D eigenvalue weighted by Crippen LogP contribution is 2.17. The fourth-order valence-corrected chi connectivity index (χ4v) is 3.85. The van der Waals surface area contributed by atoms with Crippen molar-refractivity contribution in [3.63, 3.8) is 0 Å². The highest BCUT2D eigenvalue weighted by molar-refractivity contribution is 5.97. The van der Waals surface area contributed by atoms with Gasteiger partial charge in [0.1, 0.15) is 11.3 Å². The van der Waals surface area contributed by atoms with Crippen molar-refractivity contribution in [3.05, 3.63) is 53.6 Å². The number of rotatable bonds is 7. The minimum Gasteiger partial charge on any atom is -0.497 e. The molecule has 2 aromatic carbocycles. The molecule has 0 atom stereocenters. The lowest BCUT2D eigenvalue weighted by atomic mass is 10.1. The third kappa shape index (κ3) is 5.16. The van der Waals surface area contributed by atoms with Crippen molar-refractivity contribution in [2.45, 2.75) is 32.4 Å². The molecule has 168 valence electrons. The number of carbonyl (C=O) groups is 2. The molecule has 0 spiro atoms. The number of carbonyl (C=O) groups excluding carboxylic acids is 2. The Morgan fingerprint density at radius 1 is 1.06 bits per heavy atom. The van der Waals surface area contributed by atoms with E-state index in [1.54, 1.807) is 17.9 Å². The van der Waals surface area contributed by atoms with Gasteiger partial charge in [-0.05, 0) is 55.2 Å². The van der Waals surface area contributed by atoms with Gasteiger partial charge in [-0.1, -0.05) is 17.3 Å². The zero-order valence-corrected chi connectivity index (χ0v) is 18.2. The molecule has 3 aromatic rings. The molecule has 0 saturated carbocycles. The van der Waals surface area contributed by atoms with E-state index in [1.165, 1.54) is 6.42 Å². The predicted octanol–water partition coefficient (Wildman–Crippen LogP) is 2.57. The number of fused-ring (bicyclic) bond motifs is 1. The van der Waals surface area contributed by atoms with Crippen molar-refractivity contribution >= 4 is 23.0 Å². The van der Waals surface area contributed by atoms with Crippen LogP contribution in [0.3, 0.4) is 0 Å². The second kappa shape index (κ2) is 10.1. The first kappa shape index (κ1) is 21.6. The molecule has 1 aliphatic heterocycles. The maximum Gasteiger partial charge on any atom is 0.315 e. The first-order chi connectivity index (χ1) is 15.6. The maximum absolute atomic E-state index is 12.7. The number of urea groups is 1. The van der Waals surface area contributed by atoms with E-state index in [1.807, 2.05) is 41.3 Å². The number of amides is 3. The molecular formula is C23H28N6O3. The first-order valence-corrected chi connectivity index (χ1v) is 10.9. The van der Waals surface area contributed by atoms with Crippen LogP contribution in [0.5, 0.6) is 5.75 Å². The molecule has 1 saturated heterocycles. The second-order valence-corrected chi connectivity index (χ2v) is 7.83. The van der Waals surface area contributed by atoms with Crippen molar-refractivity contribution in [1.82, 2.24) is 30.5 Å². The molecule has 2 N–H and O–H groups in total. The lowest BCUT2D eigenvalue weighted by Gasteiger charge is -2.26. The van der Waals surface area contributed by atoms with E-state index in [4.69, 9.17) is 4.74 Å². The van der Waals surface area contributed by atoms with Gasteiger partial charge in [0, 0.05) is 31.7 Å². The number of nitrogens with one attached hydrogen (secondary N) is 2. The normalized spacial score (nSPS) is 13.7. The minimum absolute atomic E-state index is 0.0514. The standard InChI is InChI=1S/C23H28N6O3/c1-32-19-7-5-6-17(14-19)16-25-23(31)24-10-13-29-21-9-8-18(15-20(21)26-27-29)22(30)28-11-3-2-4-12-28/h5-9,14-15H,2-4,10-13,16H2,1H3,(H2,24,25,31). The highest BCUT2D eigenvalue weighted by atomic mass is 16.5. The summed E-state index contributed by atoms with van der Waals surface area (Å²) in [4.78, 5) is 26.7. The smallest absolute Gasteiger partial charge is 0.315 e. The van der Waals surface area contributed by atoms with Gasteiger partial charge in [0.2, 0.25) is 0 Å². The zero-order chi connectivity index (χ0) is 22.3. The van der Waals surface area contributed by atoms with Crippen LogP contribution in [0.25, 0.3) is 11.0 Å². The van der Waals surface area contributed by atoms with Gasteiger partial charge in [-0.2, -0.15) is 0 Å². The van der Waals surface area contributed by atoms with Crippen molar-refractivity contribution in [3.8, 4) is 5.75 Å².